The molecule has 33 heavy (non-hydrogen) atoms. The van der Waals surface area contributed by atoms with E-state index in [-0.39, 0.29) is 17.7 Å². The molecule has 8 heteroatoms. The highest BCUT2D eigenvalue weighted by Gasteiger charge is 2.51. The molecule has 172 valence electrons. The summed E-state index contributed by atoms with van der Waals surface area (Å²) < 4.78 is 0. The van der Waals surface area contributed by atoms with E-state index in [0.29, 0.717) is 37.1 Å². The molecule has 1 spiro atoms. The van der Waals surface area contributed by atoms with Crippen molar-refractivity contribution in [1.82, 2.24) is 15.1 Å². The topological polar surface area (TPSA) is 85.0 Å². The molecular weight excluding hydrogens is 418 g/mol. The van der Waals surface area contributed by atoms with Crippen molar-refractivity contribution in [2.45, 2.75) is 31.3 Å². The minimum absolute atomic E-state index is 0.00347. The van der Waals surface area contributed by atoms with Crippen molar-refractivity contribution in [1.29, 1.82) is 0 Å². The number of rotatable bonds is 4. The SMILES string of the molecule is CC(=O)c1ccc(NC(=O)N2CC(N3CCC4(CC3)C(=O)NCN4c3ccccc3)C2)cc1. The van der Waals surface area contributed by atoms with E-state index >= 15 is 0 Å². The third-order valence-electron chi connectivity index (χ3n) is 7.24. The minimum Gasteiger partial charge on any atom is -0.339 e. The summed E-state index contributed by atoms with van der Waals surface area (Å²) in [5.41, 5.74) is 1.90. The fourth-order valence-corrected chi connectivity index (χ4v) is 5.13. The maximum Gasteiger partial charge on any atom is 0.321 e. The zero-order chi connectivity index (χ0) is 23.0. The Morgan fingerprint density at radius 3 is 2.30 bits per heavy atom. The molecule has 3 aliphatic heterocycles. The number of anilines is 2. The molecular formula is C25H29N5O3. The molecule has 3 saturated heterocycles. The number of nitrogens with zero attached hydrogens (tertiary/aromatic N) is 3. The molecule has 3 aliphatic rings. The van der Waals surface area contributed by atoms with Crippen LogP contribution >= 0.6 is 0 Å². The van der Waals surface area contributed by atoms with Gasteiger partial charge in [-0.05, 0) is 56.2 Å². The molecule has 0 radical (unpaired) electrons. The van der Waals surface area contributed by atoms with Crippen LogP contribution in [-0.2, 0) is 4.79 Å². The summed E-state index contributed by atoms with van der Waals surface area (Å²) in [6.45, 7) is 5.10. The Labute approximate surface area is 193 Å². The van der Waals surface area contributed by atoms with Crippen molar-refractivity contribution in [3.05, 3.63) is 60.2 Å². The van der Waals surface area contributed by atoms with E-state index in [1.165, 1.54) is 6.92 Å². The molecule has 0 atom stereocenters. The molecule has 2 N–H and O–H groups in total. The van der Waals surface area contributed by atoms with Crippen molar-refractivity contribution < 1.29 is 14.4 Å². The second kappa shape index (κ2) is 8.51. The van der Waals surface area contributed by atoms with Crippen LogP contribution in [0.15, 0.2) is 54.6 Å². The Bertz CT molecular complexity index is 1040. The fraction of sp³-hybridized carbons (Fsp3) is 0.400. The van der Waals surface area contributed by atoms with Gasteiger partial charge in [0.1, 0.15) is 5.54 Å². The third kappa shape index (κ3) is 3.95. The third-order valence-corrected chi connectivity index (χ3v) is 7.24. The second-order valence-electron chi connectivity index (χ2n) is 9.12. The van der Waals surface area contributed by atoms with Crippen molar-refractivity contribution in [3.8, 4) is 0 Å². The van der Waals surface area contributed by atoms with Crippen LogP contribution in [0.2, 0.25) is 0 Å². The Morgan fingerprint density at radius 1 is 1.00 bits per heavy atom. The molecule has 2 aromatic rings. The number of hydrogen-bond donors (Lipinski definition) is 2. The summed E-state index contributed by atoms with van der Waals surface area (Å²) in [7, 11) is 0. The number of nitrogens with one attached hydrogen (secondary N) is 2. The van der Waals surface area contributed by atoms with Crippen LogP contribution in [0.5, 0.6) is 0 Å². The Kier molecular flexibility index (Phi) is 5.54. The van der Waals surface area contributed by atoms with E-state index in [9.17, 15) is 14.4 Å². The first-order chi connectivity index (χ1) is 16.0. The predicted octanol–water partition coefficient (Wildman–Crippen LogP) is 2.53. The Balaban J connectivity index is 1.14. The Morgan fingerprint density at radius 2 is 1.67 bits per heavy atom. The van der Waals surface area contributed by atoms with Gasteiger partial charge in [-0.3, -0.25) is 14.5 Å². The van der Waals surface area contributed by atoms with Crippen molar-refractivity contribution in [3.63, 3.8) is 0 Å². The summed E-state index contributed by atoms with van der Waals surface area (Å²) in [6.07, 6.45) is 1.55. The highest BCUT2D eigenvalue weighted by molar-refractivity contribution is 5.95. The van der Waals surface area contributed by atoms with E-state index in [4.69, 9.17) is 0 Å². The zero-order valence-electron chi connectivity index (χ0n) is 18.8. The van der Waals surface area contributed by atoms with Gasteiger partial charge in [0.05, 0.1) is 6.67 Å². The molecule has 3 heterocycles. The summed E-state index contributed by atoms with van der Waals surface area (Å²) in [5.74, 6) is 0.125. The lowest BCUT2D eigenvalue weighted by Gasteiger charge is -2.50. The molecule has 0 saturated carbocycles. The average Bonchev–Trinajstić information content (AvgIpc) is 3.10. The summed E-state index contributed by atoms with van der Waals surface area (Å²) >= 11 is 0. The van der Waals surface area contributed by atoms with Crippen LogP contribution in [0.25, 0.3) is 0 Å². The number of benzene rings is 2. The van der Waals surface area contributed by atoms with Gasteiger partial charge in [-0.2, -0.15) is 0 Å². The number of Topliss-reactive ketones (excluding diaryl/α,β-unsaturated/α-hetero) is 1. The summed E-state index contributed by atoms with van der Waals surface area (Å²) in [6, 6.07) is 17.3. The van der Waals surface area contributed by atoms with Gasteiger partial charge >= 0.3 is 6.03 Å². The van der Waals surface area contributed by atoms with Crippen LogP contribution in [0.3, 0.4) is 0 Å². The quantitative estimate of drug-likeness (QED) is 0.704. The normalized spacial score (nSPS) is 20.5. The smallest absolute Gasteiger partial charge is 0.321 e. The van der Waals surface area contributed by atoms with E-state index in [1.54, 1.807) is 29.2 Å². The number of likely N-dealkylation sites (tertiary alicyclic amines) is 2. The lowest BCUT2D eigenvalue weighted by atomic mass is 9.84. The van der Waals surface area contributed by atoms with E-state index in [2.05, 4.69) is 32.6 Å². The monoisotopic (exact) mass is 447 g/mol. The number of urea groups is 1. The first-order valence-electron chi connectivity index (χ1n) is 11.5. The number of carbonyl (C=O) groups excluding carboxylic acids is 3. The van der Waals surface area contributed by atoms with Crippen molar-refractivity contribution >= 4 is 29.1 Å². The maximum absolute atomic E-state index is 12.8. The fourth-order valence-electron chi connectivity index (χ4n) is 5.13. The molecule has 0 bridgehead atoms. The molecule has 0 aromatic heterocycles. The average molecular weight is 448 g/mol. The zero-order valence-corrected chi connectivity index (χ0v) is 18.8. The minimum atomic E-state index is -0.481. The van der Waals surface area contributed by atoms with Gasteiger partial charge in [-0.15, -0.1) is 0 Å². The Hall–Kier alpha value is -3.39. The van der Waals surface area contributed by atoms with Crippen LogP contribution in [0.1, 0.15) is 30.1 Å². The van der Waals surface area contributed by atoms with Gasteiger partial charge in [0.2, 0.25) is 5.91 Å². The van der Waals surface area contributed by atoms with Crippen LogP contribution in [0.4, 0.5) is 16.2 Å². The number of para-hydroxylation sites is 1. The van der Waals surface area contributed by atoms with Gasteiger partial charge in [-0.25, -0.2) is 4.79 Å². The number of ketones is 1. The highest BCUT2D eigenvalue weighted by Crippen LogP contribution is 2.37. The molecule has 8 nitrogen and oxygen atoms in total. The molecule has 0 aliphatic carbocycles. The predicted molar refractivity (Wildman–Crippen MR) is 126 cm³/mol. The van der Waals surface area contributed by atoms with Crippen LogP contribution in [0, 0.1) is 0 Å². The van der Waals surface area contributed by atoms with Gasteiger partial charge in [0.25, 0.3) is 0 Å². The molecule has 2 aromatic carbocycles. The van der Waals surface area contributed by atoms with E-state index in [0.717, 1.165) is 31.6 Å². The summed E-state index contributed by atoms with van der Waals surface area (Å²) in [5, 5.41) is 5.94. The molecule has 3 amide bonds. The number of carbonyl (C=O) groups is 3. The first kappa shape index (κ1) is 21.5. The second-order valence-corrected chi connectivity index (χ2v) is 9.12. The van der Waals surface area contributed by atoms with Crippen molar-refractivity contribution in [2.75, 3.05) is 43.1 Å². The molecule has 0 unspecified atom stereocenters. The maximum atomic E-state index is 12.8. The standard InChI is InChI=1S/C25H29N5O3/c1-18(31)19-7-9-20(10-8-19)27-24(33)29-15-22(16-29)28-13-11-25(12-14-28)23(32)26-17-30(25)21-5-3-2-4-6-21/h2-10,22H,11-17H2,1H3,(H,26,32)(H,27,33). The summed E-state index contributed by atoms with van der Waals surface area (Å²) in [4.78, 5) is 43.2. The van der Waals surface area contributed by atoms with Gasteiger partial charge in [0.15, 0.2) is 5.78 Å². The van der Waals surface area contributed by atoms with Gasteiger partial charge < -0.3 is 20.4 Å². The van der Waals surface area contributed by atoms with Crippen LogP contribution < -0.4 is 15.5 Å². The lowest BCUT2D eigenvalue weighted by molar-refractivity contribution is -0.125. The molecule has 3 fully saturated rings. The van der Waals surface area contributed by atoms with Crippen LogP contribution in [-0.4, -0.2) is 71.9 Å². The van der Waals surface area contributed by atoms with Gasteiger partial charge in [-0.1, -0.05) is 18.2 Å². The largest absolute Gasteiger partial charge is 0.339 e. The molecule has 5 rings (SSSR count). The van der Waals surface area contributed by atoms with Gasteiger partial charge in [0, 0.05) is 49.2 Å². The number of piperidine rings is 1. The van der Waals surface area contributed by atoms with E-state index < -0.39 is 5.54 Å². The lowest BCUT2D eigenvalue weighted by Crippen LogP contribution is -2.65. The first-order valence-corrected chi connectivity index (χ1v) is 11.5. The highest BCUT2D eigenvalue weighted by atomic mass is 16.2. The van der Waals surface area contributed by atoms with E-state index in [1.807, 2.05) is 18.2 Å². The number of amides is 3. The number of hydrogen-bond acceptors (Lipinski definition) is 5. The van der Waals surface area contributed by atoms with Crippen molar-refractivity contribution in [2.24, 2.45) is 0 Å².